The third-order valence-electron chi connectivity index (χ3n) is 2.05. The zero-order chi connectivity index (χ0) is 13.3. The van der Waals surface area contributed by atoms with Crippen LogP contribution < -0.4 is 5.32 Å². The molecule has 0 aliphatic rings. The van der Waals surface area contributed by atoms with Crippen molar-refractivity contribution >= 4 is 27.5 Å². The van der Waals surface area contributed by atoms with Crippen LogP contribution in [0, 0.1) is 18.6 Å². The molecule has 1 aromatic carbocycles. The predicted molar refractivity (Wildman–Crippen MR) is 63.1 cm³/mol. The number of hydrogen-bond acceptors (Lipinski definition) is 3. The Labute approximate surface area is 109 Å². The molecule has 0 atom stereocenters. The Morgan fingerprint density at radius 2 is 2.17 bits per heavy atom. The second-order valence-electron chi connectivity index (χ2n) is 3.44. The maximum atomic E-state index is 13.5. The summed E-state index contributed by atoms with van der Waals surface area (Å²) in [5, 5.41) is 8.38. The first-order valence-electron chi connectivity index (χ1n) is 4.82. The number of halogens is 3. The Morgan fingerprint density at radius 3 is 2.72 bits per heavy atom. The molecule has 0 unspecified atom stereocenters. The van der Waals surface area contributed by atoms with Gasteiger partial charge in [-0.1, -0.05) is 0 Å². The van der Waals surface area contributed by atoms with Crippen molar-refractivity contribution in [1.82, 2.24) is 15.2 Å². The molecule has 2 rings (SSSR count). The molecule has 0 aliphatic carbocycles. The van der Waals surface area contributed by atoms with Crippen LogP contribution in [0.1, 0.15) is 16.4 Å². The molecule has 0 saturated carbocycles. The number of amides is 1. The van der Waals surface area contributed by atoms with Crippen molar-refractivity contribution in [3.05, 3.63) is 39.9 Å². The monoisotopic (exact) mass is 316 g/mol. The topological polar surface area (TPSA) is 70.7 Å². The van der Waals surface area contributed by atoms with Crippen molar-refractivity contribution in [2.45, 2.75) is 6.92 Å². The number of aromatic amines is 1. The smallest absolute Gasteiger partial charge is 0.295 e. The summed E-state index contributed by atoms with van der Waals surface area (Å²) in [4.78, 5) is 15.5. The average molecular weight is 317 g/mol. The number of nitrogens with one attached hydrogen (secondary N) is 2. The van der Waals surface area contributed by atoms with Gasteiger partial charge in [0, 0.05) is 10.5 Å². The molecule has 8 heteroatoms. The number of benzene rings is 1. The molecule has 2 N–H and O–H groups in total. The summed E-state index contributed by atoms with van der Waals surface area (Å²) >= 11 is 2.96. The van der Waals surface area contributed by atoms with Crippen LogP contribution in [-0.4, -0.2) is 21.1 Å². The lowest BCUT2D eigenvalue weighted by atomic mass is 10.3. The molecule has 2 aromatic rings. The van der Waals surface area contributed by atoms with E-state index in [0.29, 0.717) is 11.9 Å². The van der Waals surface area contributed by atoms with E-state index in [2.05, 4.69) is 36.4 Å². The maximum Gasteiger partial charge on any atom is 0.295 e. The van der Waals surface area contributed by atoms with Crippen molar-refractivity contribution < 1.29 is 13.6 Å². The van der Waals surface area contributed by atoms with E-state index in [0.717, 1.165) is 6.07 Å². The zero-order valence-electron chi connectivity index (χ0n) is 9.09. The fraction of sp³-hybridized carbons (Fsp3) is 0.100. The van der Waals surface area contributed by atoms with Crippen molar-refractivity contribution in [1.29, 1.82) is 0 Å². The highest BCUT2D eigenvalue weighted by atomic mass is 79.9. The molecule has 0 aliphatic heterocycles. The number of nitrogens with zero attached hydrogens (tertiary/aromatic N) is 2. The van der Waals surface area contributed by atoms with Gasteiger partial charge in [-0.25, -0.2) is 13.8 Å². The summed E-state index contributed by atoms with van der Waals surface area (Å²) in [6.07, 6.45) is 0. The van der Waals surface area contributed by atoms with Gasteiger partial charge in [0.25, 0.3) is 5.91 Å². The Kier molecular flexibility index (Phi) is 3.37. The first-order chi connectivity index (χ1) is 8.47. The lowest BCUT2D eigenvalue weighted by Gasteiger charge is -2.06. The highest BCUT2D eigenvalue weighted by Crippen LogP contribution is 2.27. The van der Waals surface area contributed by atoms with E-state index in [1.165, 1.54) is 0 Å². The Morgan fingerprint density at radius 1 is 1.44 bits per heavy atom. The lowest BCUT2D eigenvalue weighted by Crippen LogP contribution is -2.15. The molecular formula is C10H7BrF2N4O. The minimum Gasteiger partial charge on any atom is -0.316 e. The number of hydrogen-bond donors (Lipinski definition) is 2. The zero-order valence-corrected chi connectivity index (χ0v) is 10.7. The van der Waals surface area contributed by atoms with E-state index in [9.17, 15) is 13.6 Å². The predicted octanol–water partition coefficient (Wildman–Crippen LogP) is 2.41. The van der Waals surface area contributed by atoms with Crippen LogP contribution in [0.25, 0.3) is 0 Å². The highest BCUT2D eigenvalue weighted by Gasteiger charge is 2.16. The molecule has 1 aromatic heterocycles. The SMILES string of the molecule is Cc1nc(C(=O)Nc2c(F)cc(F)cc2Br)n[nH]1. The highest BCUT2D eigenvalue weighted by molar-refractivity contribution is 9.10. The number of carbonyl (C=O) groups excluding carboxylic acids is 1. The van der Waals surface area contributed by atoms with E-state index < -0.39 is 17.5 Å². The second kappa shape index (κ2) is 4.81. The molecule has 0 spiro atoms. The van der Waals surface area contributed by atoms with E-state index >= 15 is 0 Å². The van der Waals surface area contributed by atoms with E-state index in [-0.39, 0.29) is 16.0 Å². The number of aryl methyl sites for hydroxylation is 1. The standard InChI is InChI=1S/C10H7BrF2N4O/c1-4-14-9(17-16-4)10(18)15-8-6(11)2-5(12)3-7(8)13/h2-3H,1H3,(H,15,18)(H,14,16,17). The van der Waals surface area contributed by atoms with Crippen LogP contribution >= 0.6 is 15.9 Å². The maximum absolute atomic E-state index is 13.5. The van der Waals surface area contributed by atoms with Crippen molar-refractivity contribution in [2.24, 2.45) is 0 Å². The van der Waals surface area contributed by atoms with E-state index in [1.54, 1.807) is 6.92 Å². The van der Waals surface area contributed by atoms with Gasteiger partial charge >= 0.3 is 0 Å². The van der Waals surface area contributed by atoms with Crippen molar-refractivity contribution in [3.63, 3.8) is 0 Å². The van der Waals surface area contributed by atoms with Gasteiger partial charge in [0.1, 0.15) is 11.6 Å². The van der Waals surface area contributed by atoms with Gasteiger partial charge < -0.3 is 5.32 Å². The number of H-pyrrole nitrogens is 1. The summed E-state index contributed by atoms with van der Waals surface area (Å²) in [7, 11) is 0. The van der Waals surface area contributed by atoms with Gasteiger partial charge in [0.15, 0.2) is 5.82 Å². The minimum absolute atomic E-state index is 0.0978. The summed E-state index contributed by atoms with van der Waals surface area (Å²) in [6, 6.07) is 1.71. The molecule has 18 heavy (non-hydrogen) atoms. The first-order valence-corrected chi connectivity index (χ1v) is 5.61. The molecular weight excluding hydrogens is 310 g/mol. The third-order valence-corrected chi connectivity index (χ3v) is 2.67. The van der Waals surface area contributed by atoms with Gasteiger partial charge in [0.2, 0.25) is 5.82 Å². The number of anilines is 1. The van der Waals surface area contributed by atoms with Gasteiger partial charge in [0.05, 0.1) is 5.69 Å². The number of carbonyl (C=O) groups is 1. The van der Waals surface area contributed by atoms with Gasteiger partial charge in [-0.15, -0.1) is 5.10 Å². The molecule has 5 nitrogen and oxygen atoms in total. The molecule has 94 valence electrons. The summed E-state index contributed by atoms with van der Waals surface area (Å²) < 4.78 is 26.4. The van der Waals surface area contributed by atoms with Gasteiger partial charge in [-0.2, -0.15) is 0 Å². The van der Waals surface area contributed by atoms with Crippen molar-refractivity contribution in [2.75, 3.05) is 5.32 Å². The fourth-order valence-corrected chi connectivity index (χ4v) is 1.78. The van der Waals surface area contributed by atoms with E-state index in [4.69, 9.17) is 0 Å². The molecule has 0 fully saturated rings. The van der Waals surface area contributed by atoms with Crippen LogP contribution in [0.2, 0.25) is 0 Å². The summed E-state index contributed by atoms with van der Waals surface area (Å²) in [6.45, 7) is 1.62. The Balaban J connectivity index is 2.27. The molecule has 1 heterocycles. The normalized spacial score (nSPS) is 10.4. The molecule has 0 saturated heterocycles. The van der Waals surface area contributed by atoms with Crippen LogP contribution in [0.5, 0.6) is 0 Å². The second-order valence-corrected chi connectivity index (χ2v) is 4.30. The third kappa shape index (κ3) is 2.53. The van der Waals surface area contributed by atoms with Crippen LogP contribution in [-0.2, 0) is 0 Å². The average Bonchev–Trinajstić information content (AvgIpc) is 2.70. The van der Waals surface area contributed by atoms with E-state index in [1.807, 2.05) is 0 Å². The summed E-state index contributed by atoms with van der Waals surface area (Å²) in [5.74, 6) is -1.99. The van der Waals surface area contributed by atoms with Crippen LogP contribution in [0.4, 0.5) is 14.5 Å². The van der Waals surface area contributed by atoms with Crippen LogP contribution in [0.3, 0.4) is 0 Å². The largest absolute Gasteiger partial charge is 0.316 e. The quantitative estimate of drug-likeness (QED) is 0.893. The minimum atomic E-state index is -0.887. The Bertz CT molecular complexity index is 591. The van der Waals surface area contributed by atoms with Crippen LogP contribution in [0.15, 0.2) is 16.6 Å². The fourth-order valence-electron chi connectivity index (χ4n) is 1.28. The summed E-state index contributed by atoms with van der Waals surface area (Å²) in [5.41, 5.74) is -0.163. The number of rotatable bonds is 2. The van der Waals surface area contributed by atoms with Crippen molar-refractivity contribution in [3.8, 4) is 0 Å². The van der Waals surface area contributed by atoms with Gasteiger partial charge in [-0.3, -0.25) is 9.89 Å². The molecule has 1 amide bonds. The molecule has 0 bridgehead atoms. The first kappa shape index (κ1) is 12.6. The lowest BCUT2D eigenvalue weighted by molar-refractivity contribution is 0.101. The molecule has 0 radical (unpaired) electrons. The van der Waals surface area contributed by atoms with Gasteiger partial charge in [-0.05, 0) is 28.9 Å². The Hall–Kier alpha value is -1.83. The number of aromatic nitrogens is 3.